The van der Waals surface area contributed by atoms with Gasteiger partial charge in [0, 0.05) is 31.4 Å². The van der Waals surface area contributed by atoms with Gasteiger partial charge >= 0.3 is 0 Å². The molecule has 3 heterocycles. The zero-order valence-electron chi connectivity index (χ0n) is 12.4. The van der Waals surface area contributed by atoms with E-state index in [0.29, 0.717) is 6.61 Å². The van der Waals surface area contributed by atoms with E-state index in [-0.39, 0.29) is 11.7 Å². The molecule has 2 atom stereocenters. The number of likely N-dealkylation sites (tertiary alicyclic amines) is 1. The van der Waals surface area contributed by atoms with Crippen molar-refractivity contribution < 1.29 is 9.47 Å². The van der Waals surface area contributed by atoms with Crippen LogP contribution in [-0.4, -0.2) is 45.9 Å². The molecule has 0 amide bonds. The van der Waals surface area contributed by atoms with Crippen LogP contribution in [0.5, 0.6) is 5.75 Å². The smallest absolute Gasteiger partial charge is 0.125 e. The molecule has 0 N–H and O–H groups in total. The molecule has 2 aromatic rings. The highest BCUT2D eigenvalue weighted by molar-refractivity contribution is 7.03. The first kappa shape index (κ1) is 14.1. The summed E-state index contributed by atoms with van der Waals surface area (Å²) < 4.78 is 16.1. The summed E-state index contributed by atoms with van der Waals surface area (Å²) >= 11 is 1.41. The summed E-state index contributed by atoms with van der Waals surface area (Å²) in [5, 5.41) is 6.14. The highest BCUT2D eigenvalue weighted by Gasteiger charge is 2.46. The van der Waals surface area contributed by atoms with Crippen LogP contribution in [0.25, 0.3) is 0 Å². The van der Waals surface area contributed by atoms with Gasteiger partial charge in [-0.3, -0.25) is 4.90 Å². The summed E-state index contributed by atoms with van der Waals surface area (Å²) in [6, 6.07) is 10.0. The highest BCUT2D eigenvalue weighted by Crippen LogP contribution is 2.37. The van der Waals surface area contributed by atoms with Crippen molar-refractivity contribution in [2.75, 3.05) is 19.7 Å². The Hall–Kier alpha value is -1.50. The normalized spacial score (nSPS) is 28.5. The molecule has 1 aromatic heterocycles. The van der Waals surface area contributed by atoms with Gasteiger partial charge in [-0.15, -0.1) is 5.10 Å². The van der Waals surface area contributed by atoms with Crippen LogP contribution in [0.4, 0.5) is 0 Å². The van der Waals surface area contributed by atoms with Crippen LogP contribution < -0.4 is 4.74 Å². The summed E-state index contributed by atoms with van der Waals surface area (Å²) in [4.78, 5) is 2.40. The van der Waals surface area contributed by atoms with Crippen LogP contribution in [0.15, 0.2) is 35.7 Å². The van der Waals surface area contributed by atoms with Gasteiger partial charge in [-0.05, 0) is 30.1 Å². The molecule has 0 bridgehead atoms. The molecule has 2 aliphatic heterocycles. The number of nitrogens with zero attached hydrogens (tertiary/aromatic N) is 3. The Labute approximate surface area is 134 Å². The molecular weight excluding hydrogens is 298 g/mol. The van der Waals surface area contributed by atoms with Crippen molar-refractivity contribution in [1.29, 1.82) is 0 Å². The van der Waals surface area contributed by atoms with Crippen molar-refractivity contribution >= 4 is 11.5 Å². The average Bonchev–Trinajstić information content (AvgIpc) is 3.25. The Kier molecular flexibility index (Phi) is 3.82. The SMILES string of the molecule is c1ccc(O[C@H]2CO[C@@]3(CCN(Cc4csnn4)C3)C2)cc1. The Balaban J connectivity index is 1.34. The minimum atomic E-state index is -0.0388. The van der Waals surface area contributed by atoms with Crippen molar-refractivity contribution in [2.24, 2.45) is 0 Å². The van der Waals surface area contributed by atoms with Crippen LogP contribution in [0.1, 0.15) is 18.5 Å². The molecule has 5 nitrogen and oxygen atoms in total. The van der Waals surface area contributed by atoms with E-state index in [1.54, 1.807) is 0 Å². The molecular formula is C16H19N3O2S. The highest BCUT2D eigenvalue weighted by atomic mass is 32.1. The second kappa shape index (κ2) is 5.95. The predicted molar refractivity (Wildman–Crippen MR) is 84.0 cm³/mol. The number of benzene rings is 1. The summed E-state index contributed by atoms with van der Waals surface area (Å²) in [7, 11) is 0. The van der Waals surface area contributed by atoms with E-state index in [0.717, 1.165) is 43.9 Å². The van der Waals surface area contributed by atoms with E-state index < -0.39 is 0 Å². The van der Waals surface area contributed by atoms with Gasteiger partial charge in [0.05, 0.1) is 17.9 Å². The first-order valence-corrected chi connectivity index (χ1v) is 8.49. The maximum Gasteiger partial charge on any atom is 0.125 e. The molecule has 0 radical (unpaired) electrons. The number of hydrogen-bond donors (Lipinski definition) is 0. The lowest BCUT2D eigenvalue weighted by Crippen LogP contribution is -2.33. The Morgan fingerprint density at radius 1 is 1.36 bits per heavy atom. The van der Waals surface area contributed by atoms with E-state index in [1.165, 1.54) is 11.5 Å². The van der Waals surface area contributed by atoms with E-state index in [1.807, 2.05) is 35.7 Å². The quantitative estimate of drug-likeness (QED) is 0.866. The summed E-state index contributed by atoms with van der Waals surface area (Å²) in [5.41, 5.74) is 1.01. The van der Waals surface area contributed by atoms with E-state index in [9.17, 15) is 0 Å². The molecule has 0 aliphatic carbocycles. The zero-order chi connectivity index (χ0) is 14.8. The third kappa shape index (κ3) is 2.99. The van der Waals surface area contributed by atoms with E-state index in [2.05, 4.69) is 14.5 Å². The third-order valence-corrected chi connectivity index (χ3v) is 4.96. The lowest BCUT2D eigenvalue weighted by Gasteiger charge is -2.23. The molecule has 116 valence electrons. The molecule has 4 rings (SSSR count). The predicted octanol–water partition coefficient (Wildman–Crippen LogP) is 2.35. The second-order valence-corrected chi connectivity index (χ2v) is 6.72. The Bertz CT molecular complexity index is 607. The Morgan fingerprint density at radius 2 is 2.27 bits per heavy atom. The lowest BCUT2D eigenvalue weighted by atomic mass is 9.98. The largest absolute Gasteiger partial charge is 0.488 e. The van der Waals surface area contributed by atoms with Crippen molar-refractivity contribution in [3.8, 4) is 5.75 Å². The maximum atomic E-state index is 6.14. The van der Waals surface area contributed by atoms with Crippen molar-refractivity contribution in [2.45, 2.75) is 31.1 Å². The van der Waals surface area contributed by atoms with Gasteiger partial charge in [0.15, 0.2) is 0 Å². The number of para-hydroxylation sites is 1. The third-order valence-electron chi connectivity index (χ3n) is 4.41. The van der Waals surface area contributed by atoms with Crippen molar-refractivity contribution in [1.82, 2.24) is 14.5 Å². The number of aromatic nitrogens is 2. The molecule has 2 aliphatic rings. The maximum absolute atomic E-state index is 6.14. The monoisotopic (exact) mass is 317 g/mol. The van der Waals surface area contributed by atoms with Crippen LogP contribution in [0.3, 0.4) is 0 Å². The summed E-state index contributed by atoms with van der Waals surface area (Å²) in [6.45, 7) is 3.56. The van der Waals surface area contributed by atoms with Crippen molar-refractivity contribution in [3.63, 3.8) is 0 Å². The van der Waals surface area contributed by atoms with Crippen LogP contribution in [-0.2, 0) is 11.3 Å². The number of ether oxygens (including phenoxy) is 2. The first-order chi connectivity index (χ1) is 10.8. The van der Waals surface area contributed by atoms with Gasteiger partial charge in [-0.25, -0.2) is 0 Å². The lowest BCUT2D eigenvalue weighted by molar-refractivity contribution is 0.00927. The van der Waals surface area contributed by atoms with Crippen LogP contribution in [0, 0.1) is 0 Å². The Morgan fingerprint density at radius 3 is 3.09 bits per heavy atom. The molecule has 0 saturated carbocycles. The van der Waals surface area contributed by atoms with Gasteiger partial charge in [0.25, 0.3) is 0 Å². The van der Waals surface area contributed by atoms with Crippen molar-refractivity contribution in [3.05, 3.63) is 41.4 Å². The summed E-state index contributed by atoms with van der Waals surface area (Å²) in [6.07, 6.45) is 2.19. The fourth-order valence-electron chi connectivity index (χ4n) is 3.40. The van der Waals surface area contributed by atoms with Gasteiger partial charge < -0.3 is 9.47 Å². The molecule has 1 aromatic carbocycles. The molecule has 6 heteroatoms. The number of hydrogen-bond acceptors (Lipinski definition) is 6. The van der Waals surface area contributed by atoms with E-state index in [4.69, 9.17) is 9.47 Å². The molecule has 1 spiro atoms. The minimum absolute atomic E-state index is 0.0388. The van der Waals surface area contributed by atoms with Gasteiger partial charge in [0.1, 0.15) is 11.9 Å². The second-order valence-electron chi connectivity index (χ2n) is 6.11. The average molecular weight is 317 g/mol. The van der Waals surface area contributed by atoms with Gasteiger partial charge in [-0.2, -0.15) is 0 Å². The van der Waals surface area contributed by atoms with Crippen LogP contribution in [0.2, 0.25) is 0 Å². The minimum Gasteiger partial charge on any atom is -0.488 e. The topological polar surface area (TPSA) is 47.5 Å². The zero-order valence-corrected chi connectivity index (χ0v) is 13.2. The first-order valence-electron chi connectivity index (χ1n) is 7.65. The van der Waals surface area contributed by atoms with Gasteiger partial charge in [0.2, 0.25) is 0 Å². The van der Waals surface area contributed by atoms with E-state index >= 15 is 0 Å². The van der Waals surface area contributed by atoms with Crippen LogP contribution >= 0.6 is 11.5 Å². The molecule has 2 saturated heterocycles. The number of rotatable bonds is 4. The molecule has 2 fully saturated rings. The fraction of sp³-hybridized carbons (Fsp3) is 0.500. The standard InChI is InChI=1S/C16H19N3O2S/c1-2-4-14(5-3-1)21-15-8-16(20-10-15)6-7-19(12-16)9-13-11-22-18-17-13/h1-5,11,15H,6-10,12H2/t15-,16+/m1/s1. The fourth-order valence-corrected chi connectivity index (χ4v) is 3.84. The summed E-state index contributed by atoms with van der Waals surface area (Å²) in [5.74, 6) is 0.927. The van der Waals surface area contributed by atoms with Gasteiger partial charge in [-0.1, -0.05) is 22.7 Å². The molecule has 22 heavy (non-hydrogen) atoms. The molecule has 0 unspecified atom stereocenters.